The molecule has 2 rings (SSSR count). The SMILES string of the molecule is N#Cc1cnc(NC2(CN)CCCC2)cn1. The first-order valence-electron chi connectivity index (χ1n) is 5.48. The Labute approximate surface area is 94.7 Å². The van der Waals surface area contributed by atoms with Crippen LogP contribution in [-0.4, -0.2) is 22.1 Å². The number of hydrogen-bond donors (Lipinski definition) is 2. The number of nitrogens with two attached hydrogens (primary N) is 1. The minimum atomic E-state index is -0.0250. The van der Waals surface area contributed by atoms with Crippen molar-refractivity contribution in [1.29, 1.82) is 5.26 Å². The van der Waals surface area contributed by atoms with Gasteiger partial charge in [-0.15, -0.1) is 0 Å². The molecule has 0 atom stereocenters. The minimum absolute atomic E-state index is 0.0250. The van der Waals surface area contributed by atoms with E-state index < -0.39 is 0 Å². The molecule has 1 heterocycles. The molecule has 84 valence electrons. The molecule has 0 aliphatic heterocycles. The number of hydrogen-bond acceptors (Lipinski definition) is 5. The zero-order chi connectivity index (χ0) is 11.4. The Morgan fingerprint density at radius 2 is 2.12 bits per heavy atom. The molecule has 5 heteroatoms. The lowest BCUT2D eigenvalue weighted by molar-refractivity contribution is 0.491. The lowest BCUT2D eigenvalue weighted by Gasteiger charge is -2.29. The van der Waals surface area contributed by atoms with Crippen molar-refractivity contribution in [2.24, 2.45) is 5.73 Å². The standard InChI is InChI=1S/C11H15N5/c12-5-9-6-15-10(7-14-9)16-11(8-13)3-1-2-4-11/h6-7H,1-4,8,13H2,(H,15,16). The van der Waals surface area contributed by atoms with Crippen LogP contribution in [0.3, 0.4) is 0 Å². The maximum atomic E-state index is 8.62. The monoisotopic (exact) mass is 217 g/mol. The average Bonchev–Trinajstić information content (AvgIpc) is 2.79. The van der Waals surface area contributed by atoms with Crippen molar-refractivity contribution in [3.05, 3.63) is 18.1 Å². The van der Waals surface area contributed by atoms with E-state index in [0.29, 0.717) is 18.1 Å². The number of rotatable bonds is 3. The van der Waals surface area contributed by atoms with Crippen molar-refractivity contribution in [3.8, 4) is 6.07 Å². The van der Waals surface area contributed by atoms with Gasteiger partial charge in [0, 0.05) is 6.54 Å². The van der Waals surface area contributed by atoms with E-state index in [0.717, 1.165) is 12.8 Å². The zero-order valence-electron chi connectivity index (χ0n) is 9.11. The summed E-state index contributed by atoms with van der Waals surface area (Å²) in [6, 6.07) is 1.95. The summed E-state index contributed by atoms with van der Waals surface area (Å²) in [7, 11) is 0. The van der Waals surface area contributed by atoms with Crippen LogP contribution in [0.15, 0.2) is 12.4 Å². The van der Waals surface area contributed by atoms with Crippen molar-refractivity contribution in [2.75, 3.05) is 11.9 Å². The molecule has 16 heavy (non-hydrogen) atoms. The fourth-order valence-electron chi connectivity index (χ4n) is 2.15. The molecule has 1 aliphatic carbocycles. The summed E-state index contributed by atoms with van der Waals surface area (Å²) >= 11 is 0. The molecule has 0 spiro atoms. The van der Waals surface area contributed by atoms with Crippen molar-refractivity contribution in [3.63, 3.8) is 0 Å². The molecule has 3 N–H and O–H groups in total. The van der Waals surface area contributed by atoms with Crippen LogP contribution in [0.4, 0.5) is 5.82 Å². The number of nitrogens with one attached hydrogen (secondary N) is 1. The summed E-state index contributed by atoms with van der Waals surface area (Å²) in [6.45, 7) is 0.606. The molecule has 1 fully saturated rings. The first kappa shape index (κ1) is 10.8. The second-order valence-electron chi connectivity index (χ2n) is 4.22. The van der Waals surface area contributed by atoms with E-state index in [1.54, 1.807) is 6.20 Å². The highest BCUT2D eigenvalue weighted by atomic mass is 15.1. The second-order valence-corrected chi connectivity index (χ2v) is 4.22. The molecule has 1 aliphatic rings. The predicted octanol–water partition coefficient (Wildman–Crippen LogP) is 1.03. The van der Waals surface area contributed by atoms with Crippen LogP contribution in [0, 0.1) is 11.3 Å². The fourth-order valence-corrected chi connectivity index (χ4v) is 2.15. The highest BCUT2D eigenvalue weighted by molar-refractivity contribution is 5.37. The topological polar surface area (TPSA) is 87.6 Å². The van der Waals surface area contributed by atoms with Gasteiger partial charge in [0.1, 0.15) is 11.9 Å². The summed E-state index contributed by atoms with van der Waals surface area (Å²) in [5.74, 6) is 0.700. The van der Waals surface area contributed by atoms with E-state index in [1.165, 1.54) is 19.0 Å². The van der Waals surface area contributed by atoms with Gasteiger partial charge in [-0.25, -0.2) is 9.97 Å². The zero-order valence-corrected chi connectivity index (χ0v) is 9.11. The highest BCUT2D eigenvalue weighted by Gasteiger charge is 2.32. The van der Waals surface area contributed by atoms with Gasteiger partial charge in [-0.1, -0.05) is 12.8 Å². The molecule has 0 radical (unpaired) electrons. The van der Waals surface area contributed by atoms with E-state index in [-0.39, 0.29) is 5.54 Å². The van der Waals surface area contributed by atoms with Crippen LogP contribution >= 0.6 is 0 Å². The largest absolute Gasteiger partial charge is 0.362 e. The van der Waals surface area contributed by atoms with Gasteiger partial charge in [0.2, 0.25) is 0 Å². The number of anilines is 1. The summed E-state index contributed by atoms with van der Waals surface area (Å²) in [4.78, 5) is 8.13. The Morgan fingerprint density at radius 3 is 2.62 bits per heavy atom. The third kappa shape index (κ3) is 2.12. The number of nitriles is 1. The van der Waals surface area contributed by atoms with Gasteiger partial charge >= 0.3 is 0 Å². The summed E-state index contributed by atoms with van der Waals surface area (Å²) in [6.07, 6.45) is 7.62. The molecule has 1 aromatic rings. The van der Waals surface area contributed by atoms with E-state index in [4.69, 9.17) is 11.0 Å². The van der Waals surface area contributed by atoms with Crippen LogP contribution in [0.1, 0.15) is 31.4 Å². The summed E-state index contributed by atoms with van der Waals surface area (Å²) in [5.41, 5.74) is 6.12. The Bertz CT molecular complexity index is 386. The Kier molecular flexibility index (Phi) is 3.02. The number of nitrogens with zero attached hydrogens (tertiary/aromatic N) is 3. The predicted molar refractivity (Wildman–Crippen MR) is 60.6 cm³/mol. The van der Waals surface area contributed by atoms with Crippen LogP contribution in [0.25, 0.3) is 0 Å². The Hall–Kier alpha value is -1.67. The van der Waals surface area contributed by atoms with Crippen molar-refractivity contribution in [2.45, 2.75) is 31.2 Å². The van der Waals surface area contributed by atoms with Gasteiger partial charge < -0.3 is 11.1 Å². The average molecular weight is 217 g/mol. The normalized spacial score (nSPS) is 18.0. The molecule has 0 saturated heterocycles. The van der Waals surface area contributed by atoms with Gasteiger partial charge in [0.05, 0.1) is 17.9 Å². The Balaban J connectivity index is 2.10. The van der Waals surface area contributed by atoms with Crippen molar-refractivity contribution < 1.29 is 0 Å². The van der Waals surface area contributed by atoms with Crippen LogP contribution in [0.2, 0.25) is 0 Å². The van der Waals surface area contributed by atoms with Crippen molar-refractivity contribution in [1.82, 2.24) is 9.97 Å². The van der Waals surface area contributed by atoms with E-state index in [9.17, 15) is 0 Å². The third-order valence-electron chi connectivity index (χ3n) is 3.11. The lowest BCUT2D eigenvalue weighted by atomic mass is 9.98. The van der Waals surface area contributed by atoms with Crippen LogP contribution in [0.5, 0.6) is 0 Å². The van der Waals surface area contributed by atoms with E-state index in [2.05, 4.69) is 15.3 Å². The second kappa shape index (κ2) is 4.45. The van der Waals surface area contributed by atoms with Gasteiger partial charge in [0.15, 0.2) is 5.69 Å². The molecule has 1 saturated carbocycles. The quantitative estimate of drug-likeness (QED) is 0.789. The minimum Gasteiger partial charge on any atom is -0.362 e. The molecule has 0 aromatic carbocycles. The first-order valence-corrected chi connectivity index (χ1v) is 5.48. The lowest BCUT2D eigenvalue weighted by Crippen LogP contribution is -2.43. The van der Waals surface area contributed by atoms with Crippen LogP contribution in [-0.2, 0) is 0 Å². The fraction of sp³-hybridized carbons (Fsp3) is 0.545. The van der Waals surface area contributed by atoms with Gasteiger partial charge in [-0.05, 0) is 12.8 Å². The molecule has 0 bridgehead atoms. The smallest absolute Gasteiger partial charge is 0.158 e. The Morgan fingerprint density at radius 1 is 1.38 bits per heavy atom. The first-order chi connectivity index (χ1) is 7.78. The summed E-state index contributed by atoms with van der Waals surface area (Å²) < 4.78 is 0. The van der Waals surface area contributed by atoms with Gasteiger partial charge in [0.25, 0.3) is 0 Å². The third-order valence-corrected chi connectivity index (χ3v) is 3.11. The maximum absolute atomic E-state index is 8.62. The van der Waals surface area contributed by atoms with Crippen molar-refractivity contribution >= 4 is 5.82 Å². The number of aromatic nitrogens is 2. The summed E-state index contributed by atoms with van der Waals surface area (Å²) in [5, 5.41) is 12.0. The maximum Gasteiger partial charge on any atom is 0.158 e. The van der Waals surface area contributed by atoms with E-state index >= 15 is 0 Å². The molecule has 1 aromatic heterocycles. The van der Waals surface area contributed by atoms with Gasteiger partial charge in [-0.2, -0.15) is 5.26 Å². The highest BCUT2D eigenvalue weighted by Crippen LogP contribution is 2.31. The van der Waals surface area contributed by atoms with Crippen LogP contribution < -0.4 is 11.1 Å². The molecular formula is C11H15N5. The van der Waals surface area contributed by atoms with E-state index in [1.807, 2.05) is 6.07 Å². The van der Waals surface area contributed by atoms with Gasteiger partial charge in [-0.3, -0.25) is 0 Å². The molecule has 0 amide bonds. The molecule has 5 nitrogen and oxygen atoms in total. The molecular weight excluding hydrogens is 202 g/mol. The molecule has 0 unspecified atom stereocenters.